The first-order chi connectivity index (χ1) is 9.69. The summed E-state index contributed by atoms with van der Waals surface area (Å²) in [6.45, 7) is 0. The van der Waals surface area contributed by atoms with Crippen molar-refractivity contribution < 1.29 is 0 Å². The number of benzene rings is 2. The molecule has 1 aromatic heterocycles. The molecule has 0 aliphatic carbocycles. The molecule has 2 aromatic carbocycles. The first kappa shape index (κ1) is 14.4. The van der Waals surface area contributed by atoms with Crippen LogP contribution in [0.15, 0.2) is 46.9 Å². The first-order valence-corrected chi connectivity index (χ1v) is 8.58. The summed E-state index contributed by atoms with van der Waals surface area (Å²) in [6.07, 6.45) is 0.749. The fourth-order valence-electron chi connectivity index (χ4n) is 2.26. The van der Waals surface area contributed by atoms with E-state index in [1.165, 1.54) is 3.57 Å². The van der Waals surface area contributed by atoms with Crippen molar-refractivity contribution in [2.75, 3.05) is 5.88 Å². The summed E-state index contributed by atoms with van der Waals surface area (Å²) in [5.74, 6) is 1.56. The molecule has 3 aromatic rings. The van der Waals surface area contributed by atoms with E-state index in [1.807, 2.05) is 12.1 Å². The van der Waals surface area contributed by atoms with Gasteiger partial charge in [0.05, 0.1) is 11.0 Å². The van der Waals surface area contributed by atoms with Crippen molar-refractivity contribution in [3.8, 4) is 5.69 Å². The molecule has 0 saturated heterocycles. The molecule has 0 fully saturated rings. The van der Waals surface area contributed by atoms with Crippen molar-refractivity contribution in [3.63, 3.8) is 0 Å². The van der Waals surface area contributed by atoms with Gasteiger partial charge in [0.15, 0.2) is 0 Å². The van der Waals surface area contributed by atoms with Gasteiger partial charge < -0.3 is 0 Å². The Labute approximate surface area is 144 Å². The Bertz CT molecular complexity index is 770. The molecule has 102 valence electrons. The summed E-state index contributed by atoms with van der Waals surface area (Å²) >= 11 is 11.8. The highest BCUT2D eigenvalue weighted by molar-refractivity contribution is 14.1. The number of nitrogens with zero attached hydrogens (tertiary/aromatic N) is 2. The SMILES string of the molecule is ClCCc1nc2cc(I)ccc2n1-c1cccc(Br)c1. The zero-order valence-electron chi connectivity index (χ0n) is 10.5. The molecule has 5 heteroatoms. The fraction of sp³-hybridized carbons (Fsp3) is 0.133. The highest BCUT2D eigenvalue weighted by Gasteiger charge is 2.12. The summed E-state index contributed by atoms with van der Waals surface area (Å²) < 4.78 is 4.42. The zero-order valence-corrected chi connectivity index (χ0v) is 15.0. The van der Waals surface area contributed by atoms with Crippen molar-refractivity contribution >= 4 is 61.2 Å². The molecular formula is C15H11BrClIN2. The number of hydrogen-bond acceptors (Lipinski definition) is 1. The summed E-state index contributed by atoms with van der Waals surface area (Å²) in [5.41, 5.74) is 3.23. The minimum atomic E-state index is 0.564. The third-order valence-electron chi connectivity index (χ3n) is 3.07. The number of alkyl halides is 1. The van der Waals surface area contributed by atoms with Crippen LogP contribution < -0.4 is 0 Å². The van der Waals surface area contributed by atoms with E-state index < -0.39 is 0 Å². The summed E-state index contributed by atoms with van der Waals surface area (Å²) in [4.78, 5) is 4.73. The maximum atomic E-state index is 5.92. The van der Waals surface area contributed by atoms with E-state index in [1.54, 1.807) is 0 Å². The van der Waals surface area contributed by atoms with Gasteiger partial charge in [0, 0.05) is 26.0 Å². The van der Waals surface area contributed by atoms with E-state index in [2.05, 4.69) is 73.4 Å². The molecule has 0 aliphatic heterocycles. The zero-order chi connectivity index (χ0) is 14.1. The van der Waals surface area contributed by atoms with Gasteiger partial charge in [-0.05, 0) is 59.0 Å². The van der Waals surface area contributed by atoms with Crippen LogP contribution in [-0.2, 0) is 6.42 Å². The molecule has 1 heterocycles. The number of hydrogen-bond donors (Lipinski definition) is 0. The van der Waals surface area contributed by atoms with Crippen LogP contribution in [0.3, 0.4) is 0 Å². The lowest BCUT2D eigenvalue weighted by Gasteiger charge is -2.09. The smallest absolute Gasteiger partial charge is 0.115 e. The second-order valence-electron chi connectivity index (χ2n) is 4.42. The van der Waals surface area contributed by atoms with Crippen LogP contribution in [0.1, 0.15) is 5.82 Å². The van der Waals surface area contributed by atoms with Crippen molar-refractivity contribution in [3.05, 3.63) is 56.3 Å². The van der Waals surface area contributed by atoms with Gasteiger partial charge in [-0.15, -0.1) is 11.6 Å². The maximum Gasteiger partial charge on any atom is 0.115 e. The largest absolute Gasteiger partial charge is 0.296 e. The number of aryl methyl sites for hydroxylation is 1. The molecule has 3 rings (SSSR count). The van der Waals surface area contributed by atoms with Crippen molar-refractivity contribution in [2.45, 2.75) is 6.42 Å². The van der Waals surface area contributed by atoms with Crippen LogP contribution in [0.4, 0.5) is 0 Å². The van der Waals surface area contributed by atoms with Gasteiger partial charge >= 0.3 is 0 Å². The van der Waals surface area contributed by atoms with Crippen LogP contribution in [0.5, 0.6) is 0 Å². The monoisotopic (exact) mass is 460 g/mol. The van der Waals surface area contributed by atoms with Gasteiger partial charge in [-0.1, -0.05) is 22.0 Å². The third kappa shape index (κ3) is 2.73. The standard InChI is InChI=1S/C15H11BrClIN2/c16-10-2-1-3-12(8-10)20-14-5-4-11(18)9-13(14)19-15(20)6-7-17/h1-5,8-9H,6-7H2. The Hall–Kier alpha value is -0.590. The van der Waals surface area contributed by atoms with Gasteiger partial charge in [0.25, 0.3) is 0 Å². The maximum absolute atomic E-state index is 5.92. The first-order valence-electron chi connectivity index (χ1n) is 6.18. The number of aromatic nitrogens is 2. The highest BCUT2D eigenvalue weighted by atomic mass is 127. The second-order valence-corrected chi connectivity index (χ2v) is 6.95. The summed E-state index contributed by atoms with van der Waals surface area (Å²) in [5, 5.41) is 0. The Morgan fingerprint density at radius 2 is 2.05 bits per heavy atom. The van der Waals surface area contributed by atoms with E-state index in [9.17, 15) is 0 Å². The fourth-order valence-corrected chi connectivity index (χ4v) is 3.29. The highest BCUT2D eigenvalue weighted by Crippen LogP contribution is 2.25. The lowest BCUT2D eigenvalue weighted by molar-refractivity contribution is 0.912. The summed E-state index contributed by atoms with van der Waals surface area (Å²) in [6, 6.07) is 14.5. The average Bonchev–Trinajstić information content (AvgIpc) is 2.76. The molecule has 0 amide bonds. The summed E-state index contributed by atoms with van der Waals surface area (Å²) in [7, 11) is 0. The van der Waals surface area contributed by atoms with E-state index in [0.717, 1.165) is 33.4 Å². The van der Waals surface area contributed by atoms with Gasteiger partial charge in [-0.3, -0.25) is 4.57 Å². The predicted molar refractivity (Wildman–Crippen MR) is 95.9 cm³/mol. The van der Waals surface area contributed by atoms with Crippen LogP contribution >= 0.6 is 50.1 Å². The quantitative estimate of drug-likeness (QED) is 0.389. The topological polar surface area (TPSA) is 17.8 Å². The number of rotatable bonds is 3. The van der Waals surface area contributed by atoms with E-state index in [0.29, 0.717) is 5.88 Å². The van der Waals surface area contributed by atoms with Crippen LogP contribution in [0.2, 0.25) is 0 Å². The molecule has 0 aliphatic rings. The van der Waals surface area contributed by atoms with E-state index in [4.69, 9.17) is 16.6 Å². The molecule has 0 spiro atoms. The lowest BCUT2D eigenvalue weighted by atomic mass is 10.2. The van der Waals surface area contributed by atoms with Crippen LogP contribution in [0.25, 0.3) is 16.7 Å². The molecule has 0 radical (unpaired) electrons. The van der Waals surface area contributed by atoms with Crippen molar-refractivity contribution in [2.24, 2.45) is 0 Å². The number of halogens is 3. The minimum Gasteiger partial charge on any atom is -0.296 e. The molecule has 0 saturated carbocycles. The molecule has 0 unspecified atom stereocenters. The van der Waals surface area contributed by atoms with Crippen LogP contribution in [0, 0.1) is 3.57 Å². The van der Waals surface area contributed by atoms with Gasteiger partial charge in [-0.2, -0.15) is 0 Å². The molecule has 2 nitrogen and oxygen atoms in total. The third-order valence-corrected chi connectivity index (χ3v) is 4.42. The predicted octanol–water partition coefficient (Wildman–Crippen LogP) is 5.17. The Morgan fingerprint density at radius 3 is 2.80 bits per heavy atom. The van der Waals surface area contributed by atoms with E-state index >= 15 is 0 Å². The molecule has 0 N–H and O–H groups in total. The Kier molecular flexibility index (Phi) is 4.33. The van der Waals surface area contributed by atoms with Crippen molar-refractivity contribution in [1.29, 1.82) is 0 Å². The second kappa shape index (κ2) is 6.03. The molecular weight excluding hydrogens is 450 g/mol. The van der Waals surface area contributed by atoms with Crippen LogP contribution in [-0.4, -0.2) is 15.4 Å². The molecule has 0 bridgehead atoms. The van der Waals surface area contributed by atoms with Crippen molar-refractivity contribution in [1.82, 2.24) is 9.55 Å². The Morgan fingerprint density at radius 1 is 1.20 bits per heavy atom. The number of imidazole rings is 1. The minimum absolute atomic E-state index is 0.564. The van der Waals surface area contributed by atoms with Gasteiger partial charge in [0.1, 0.15) is 5.82 Å². The lowest BCUT2D eigenvalue weighted by Crippen LogP contribution is -2.02. The average molecular weight is 462 g/mol. The molecule has 0 atom stereocenters. The molecule has 20 heavy (non-hydrogen) atoms. The Balaban J connectivity index is 2.28. The van der Waals surface area contributed by atoms with Gasteiger partial charge in [0.2, 0.25) is 0 Å². The number of fused-ring (bicyclic) bond motifs is 1. The van der Waals surface area contributed by atoms with Gasteiger partial charge in [-0.25, -0.2) is 4.98 Å². The normalized spacial score (nSPS) is 11.2. The van der Waals surface area contributed by atoms with E-state index in [-0.39, 0.29) is 0 Å².